The van der Waals surface area contributed by atoms with Gasteiger partial charge in [0.25, 0.3) is 0 Å². The highest BCUT2D eigenvalue weighted by molar-refractivity contribution is 5.07. The summed E-state index contributed by atoms with van der Waals surface area (Å²) in [4.78, 5) is 0. The van der Waals surface area contributed by atoms with Crippen LogP contribution in [0.3, 0.4) is 0 Å². The van der Waals surface area contributed by atoms with E-state index in [9.17, 15) is 0 Å². The van der Waals surface area contributed by atoms with Gasteiger partial charge in [-0.25, -0.2) is 0 Å². The van der Waals surface area contributed by atoms with Crippen LogP contribution in [0, 0.1) is 6.33 Å². The van der Waals surface area contributed by atoms with Crippen LogP contribution in [-0.2, 0) is 0 Å². The molecule has 2 aromatic rings. The number of nitrogens with zero attached hydrogens (tertiary/aromatic N) is 6. The van der Waals surface area contributed by atoms with Crippen molar-refractivity contribution >= 4 is 0 Å². The predicted molar refractivity (Wildman–Crippen MR) is 25.8 cm³/mol. The first-order valence-corrected chi connectivity index (χ1v) is 2.40. The maximum Gasteiger partial charge on any atom is 0.228 e. The van der Waals surface area contributed by atoms with E-state index in [-0.39, 0.29) is 0 Å². The molecule has 49 valence electrons. The molecule has 0 atom stereocenters. The van der Waals surface area contributed by atoms with Crippen LogP contribution in [0.15, 0.2) is 10.8 Å². The Balaban J connectivity index is 2.48. The third-order valence-corrected chi connectivity index (χ3v) is 0.879. The van der Waals surface area contributed by atoms with Crippen molar-refractivity contribution in [1.29, 1.82) is 0 Å². The lowest BCUT2D eigenvalue weighted by molar-refractivity contribution is 0.393. The molecule has 0 N–H and O–H groups in total. The van der Waals surface area contributed by atoms with Gasteiger partial charge in [-0.3, -0.25) is 0 Å². The van der Waals surface area contributed by atoms with Crippen molar-refractivity contribution in [3.8, 4) is 5.82 Å². The second-order valence-electron chi connectivity index (χ2n) is 1.45. The van der Waals surface area contributed by atoms with Gasteiger partial charge in [-0.2, -0.15) is 4.68 Å². The molecule has 1 radical (unpaired) electrons. The van der Waals surface area contributed by atoms with Crippen molar-refractivity contribution in [2.75, 3.05) is 0 Å². The van der Waals surface area contributed by atoms with Crippen LogP contribution < -0.4 is 0 Å². The van der Waals surface area contributed by atoms with E-state index in [0.29, 0.717) is 5.82 Å². The van der Waals surface area contributed by atoms with Crippen LogP contribution in [0.4, 0.5) is 0 Å². The van der Waals surface area contributed by atoms with Crippen LogP contribution in [0.5, 0.6) is 0 Å². The van der Waals surface area contributed by atoms with Crippen LogP contribution in [0.1, 0.15) is 0 Å². The number of hydrogen-bond donors (Lipinski definition) is 0. The predicted octanol–water partition coefficient (Wildman–Crippen LogP) is -1.15. The molecule has 2 rings (SSSR count). The Hall–Kier alpha value is -1.79. The third kappa shape index (κ3) is 0.642. The summed E-state index contributed by atoms with van der Waals surface area (Å²) >= 11 is 0. The smallest absolute Gasteiger partial charge is 0.228 e. The fourth-order valence-corrected chi connectivity index (χ4v) is 0.491. The molecule has 10 heavy (non-hydrogen) atoms. The number of tetrazole rings is 1. The Kier molecular flexibility index (Phi) is 0.938. The van der Waals surface area contributed by atoms with Gasteiger partial charge in [0.1, 0.15) is 0 Å². The molecular formula is C3HN6O. The van der Waals surface area contributed by atoms with E-state index in [2.05, 4.69) is 36.7 Å². The summed E-state index contributed by atoms with van der Waals surface area (Å²) in [6.45, 7) is 0. The molecule has 0 amide bonds. The average molecular weight is 137 g/mol. The van der Waals surface area contributed by atoms with E-state index >= 15 is 0 Å². The van der Waals surface area contributed by atoms with Gasteiger partial charge in [0, 0.05) is 5.27 Å². The van der Waals surface area contributed by atoms with Gasteiger partial charge in [0.15, 0.2) is 6.26 Å². The van der Waals surface area contributed by atoms with Gasteiger partial charge in [-0.1, -0.05) is 5.10 Å². The number of rotatable bonds is 1. The minimum absolute atomic E-state index is 0.407. The highest BCUT2D eigenvalue weighted by Crippen LogP contribution is 1.94. The lowest BCUT2D eigenvalue weighted by Gasteiger charge is -1.82. The molecule has 0 aliphatic carbocycles. The summed E-state index contributed by atoms with van der Waals surface area (Å²) in [6, 6.07) is 0. The Morgan fingerprint density at radius 2 is 2.60 bits per heavy atom. The Bertz CT molecular complexity index is 252. The molecule has 0 saturated carbocycles. The maximum absolute atomic E-state index is 4.44. The number of aromatic nitrogens is 6. The van der Waals surface area contributed by atoms with Crippen LogP contribution in [0.25, 0.3) is 5.82 Å². The molecule has 0 aliphatic heterocycles. The fraction of sp³-hybridized carbons (Fsp3) is 0. The third-order valence-electron chi connectivity index (χ3n) is 0.879. The molecular weight excluding hydrogens is 136 g/mol. The molecule has 0 aliphatic rings. The molecule has 2 heterocycles. The minimum Gasteiger partial charge on any atom is -0.343 e. The second kappa shape index (κ2) is 1.87. The summed E-state index contributed by atoms with van der Waals surface area (Å²) in [7, 11) is 0. The van der Waals surface area contributed by atoms with Crippen molar-refractivity contribution in [2.24, 2.45) is 0 Å². The summed E-state index contributed by atoms with van der Waals surface area (Å²) in [5, 5.41) is 16.9. The minimum atomic E-state index is 0.407. The highest BCUT2D eigenvalue weighted by Gasteiger charge is 2.00. The SMILES string of the molecule is [c]1nnnn1-c1conn1. The molecule has 0 bridgehead atoms. The Morgan fingerprint density at radius 1 is 1.60 bits per heavy atom. The first kappa shape index (κ1) is 5.03. The molecule has 0 unspecified atom stereocenters. The molecule has 7 nitrogen and oxygen atoms in total. The van der Waals surface area contributed by atoms with E-state index in [1.165, 1.54) is 10.9 Å². The average Bonchev–Trinajstić information content (AvgIpc) is 2.59. The van der Waals surface area contributed by atoms with Gasteiger partial charge < -0.3 is 4.52 Å². The van der Waals surface area contributed by atoms with E-state index < -0.39 is 0 Å². The van der Waals surface area contributed by atoms with Gasteiger partial charge in [0.05, 0.1) is 0 Å². The van der Waals surface area contributed by atoms with Crippen molar-refractivity contribution in [3.05, 3.63) is 12.6 Å². The first-order valence-electron chi connectivity index (χ1n) is 2.40. The standard InChI is InChI=1S/C3HN6O/c1-3(5-8-10-1)9-2-4-6-7-9/h1H. The Labute approximate surface area is 54.6 Å². The van der Waals surface area contributed by atoms with Crippen LogP contribution in [0.2, 0.25) is 0 Å². The highest BCUT2D eigenvalue weighted by atomic mass is 16.5. The van der Waals surface area contributed by atoms with Crippen molar-refractivity contribution in [2.45, 2.75) is 0 Å². The summed E-state index contributed by atoms with van der Waals surface area (Å²) in [5.41, 5.74) is 0. The zero-order chi connectivity index (χ0) is 6.81. The lowest BCUT2D eigenvalue weighted by atomic mass is 10.8. The molecule has 0 fully saturated rings. The largest absolute Gasteiger partial charge is 0.343 e. The number of hydrogen-bond acceptors (Lipinski definition) is 6. The zero-order valence-electron chi connectivity index (χ0n) is 4.67. The van der Waals surface area contributed by atoms with E-state index in [1.54, 1.807) is 0 Å². The molecule has 0 aromatic carbocycles. The maximum atomic E-state index is 4.44. The van der Waals surface area contributed by atoms with Crippen molar-refractivity contribution in [3.63, 3.8) is 0 Å². The van der Waals surface area contributed by atoms with E-state index in [1.807, 2.05) is 0 Å². The summed E-state index contributed by atoms with van der Waals surface area (Å²) < 4.78 is 5.66. The fourth-order valence-electron chi connectivity index (χ4n) is 0.491. The van der Waals surface area contributed by atoms with Gasteiger partial charge in [0.2, 0.25) is 12.1 Å². The van der Waals surface area contributed by atoms with Gasteiger partial charge in [-0.15, -0.1) is 5.10 Å². The normalized spacial score (nSPS) is 10.0. The topological polar surface area (TPSA) is 82.5 Å². The van der Waals surface area contributed by atoms with Crippen LogP contribution >= 0.6 is 0 Å². The van der Waals surface area contributed by atoms with Crippen molar-refractivity contribution < 1.29 is 4.52 Å². The Morgan fingerprint density at radius 3 is 3.20 bits per heavy atom. The second-order valence-corrected chi connectivity index (χ2v) is 1.45. The zero-order valence-corrected chi connectivity index (χ0v) is 4.67. The van der Waals surface area contributed by atoms with Crippen molar-refractivity contribution in [1.82, 2.24) is 30.6 Å². The van der Waals surface area contributed by atoms with E-state index in [0.717, 1.165) is 0 Å². The summed E-state index contributed by atoms with van der Waals surface area (Å²) in [5.74, 6) is 0.407. The molecule has 2 aromatic heterocycles. The lowest BCUT2D eigenvalue weighted by Crippen LogP contribution is -1.95. The summed E-state index contributed by atoms with van der Waals surface area (Å²) in [6.07, 6.45) is 3.73. The van der Waals surface area contributed by atoms with E-state index in [4.69, 9.17) is 0 Å². The van der Waals surface area contributed by atoms with Gasteiger partial charge in [-0.05, 0) is 10.4 Å². The molecule has 0 saturated heterocycles. The molecule has 7 heteroatoms. The van der Waals surface area contributed by atoms with Gasteiger partial charge >= 0.3 is 0 Å². The quantitative estimate of drug-likeness (QED) is 0.493. The molecule has 0 spiro atoms. The first-order chi connectivity index (χ1) is 4.97. The van der Waals surface area contributed by atoms with Crippen LogP contribution in [-0.4, -0.2) is 30.6 Å². The monoisotopic (exact) mass is 137 g/mol.